The largest absolute Gasteiger partial charge is 0.295 e. The third-order valence-electron chi connectivity index (χ3n) is 4.18. The molecule has 0 bridgehead atoms. The van der Waals surface area contributed by atoms with Crippen molar-refractivity contribution in [1.29, 1.82) is 0 Å². The molecule has 0 saturated carbocycles. The summed E-state index contributed by atoms with van der Waals surface area (Å²) in [6.07, 6.45) is 17.1. The zero-order valence-corrected chi connectivity index (χ0v) is 12.8. The van der Waals surface area contributed by atoms with Crippen molar-refractivity contribution in [3.63, 3.8) is 0 Å². The molecule has 0 spiro atoms. The van der Waals surface area contributed by atoms with Crippen LogP contribution >= 0.6 is 0 Å². The standard InChI is InChI=1S/C18H30O/c1-16-12-9-7-5-3-4-6-8-10-14-18(19)15-11-13-17(16)2/h11,15H,3-10,12-14H2,1-2H3/b15-11-,17-16?. The second-order valence-electron chi connectivity index (χ2n) is 5.96. The molecule has 0 atom stereocenters. The van der Waals surface area contributed by atoms with Crippen LogP contribution < -0.4 is 0 Å². The highest BCUT2D eigenvalue weighted by atomic mass is 16.1. The normalized spacial score (nSPS) is 23.4. The summed E-state index contributed by atoms with van der Waals surface area (Å²) in [4.78, 5) is 11.7. The maximum Gasteiger partial charge on any atom is 0.155 e. The van der Waals surface area contributed by atoms with E-state index >= 15 is 0 Å². The van der Waals surface area contributed by atoms with Gasteiger partial charge in [0, 0.05) is 6.42 Å². The Hall–Kier alpha value is -0.850. The Morgan fingerprint density at radius 2 is 1.26 bits per heavy atom. The Bertz CT molecular complexity index is 323. The van der Waals surface area contributed by atoms with Gasteiger partial charge in [-0.1, -0.05) is 55.7 Å². The smallest absolute Gasteiger partial charge is 0.155 e. The van der Waals surface area contributed by atoms with Crippen LogP contribution in [0.1, 0.15) is 84.5 Å². The molecule has 0 heterocycles. The van der Waals surface area contributed by atoms with Gasteiger partial charge in [-0.3, -0.25) is 4.79 Å². The van der Waals surface area contributed by atoms with Crippen molar-refractivity contribution in [2.24, 2.45) is 0 Å². The molecule has 1 nitrogen and oxygen atoms in total. The molecule has 0 fully saturated rings. The van der Waals surface area contributed by atoms with Crippen molar-refractivity contribution in [2.75, 3.05) is 0 Å². The highest BCUT2D eigenvalue weighted by Gasteiger charge is 2.00. The van der Waals surface area contributed by atoms with Gasteiger partial charge in [-0.15, -0.1) is 0 Å². The number of allylic oxidation sites excluding steroid dienone is 4. The van der Waals surface area contributed by atoms with Crippen molar-refractivity contribution in [3.05, 3.63) is 23.3 Å². The zero-order chi connectivity index (χ0) is 13.9. The van der Waals surface area contributed by atoms with E-state index in [1.807, 2.05) is 6.08 Å². The summed E-state index contributed by atoms with van der Waals surface area (Å²) in [6, 6.07) is 0. The molecule has 0 aliphatic heterocycles. The first-order valence-electron chi connectivity index (χ1n) is 8.05. The molecule has 0 saturated heterocycles. The van der Waals surface area contributed by atoms with Crippen LogP contribution in [0.3, 0.4) is 0 Å². The molecule has 0 radical (unpaired) electrons. The SMILES string of the molecule is CC1=C(C)CCCCCCCCCCC(=O)/C=C\C1. The molecule has 1 heteroatoms. The Labute approximate surface area is 119 Å². The van der Waals surface area contributed by atoms with Crippen LogP contribution in [0.4, 0.5) is 0 Å². The Morgan fingerprint density at radius 3 is 1.89 bits per heavy atom. The van der Waals surface area contributed by atoms with Crippen LogP contribution in [0.5, 0.6) is 0 Å². The minimum Gasteiger partial charge on any atom is -0.295 e. The number of ketones is 1. The predicted octanol–water partition coefficient (Wildman–Crippen LogP) is 5.75. The molecule has 19 heavy (non-hydrogen) atoms. The topological polar surface area (TPSA) is 17.1 Å². The van der Waals surface area contributed by atoms with Gasteiger partial charge < -0.3 is 0 Å². The lowest BCUT2D eigenvalue weighted by molar-refractivity contribution is -0.114. The maximum absolute atomic E-state index is 11.7. The first-order valence-corrected chi connectivity index (χ1v) is 8.05. The van der Waals surface area contributed by atoms with Gasteiger partial charge >= 0.3 is 0 Å². The highest BCUT2D eigenvalue weighted by molar-refractivity contribution is 5.89. The van der Waals surface area contributed by atoms with E-state index in [1.165, 1.54) is 62.5 Å². The van der Waals surface area contributed by atoms with Crippen molar-refractivity contribution in [3.8, 4) is 0 Å². The summed E-state index contributed by atoms with van der Waals surface area (Å²) in [5.41, 5.74) is 2.96. The molecule has 0 aromatic heterocycles. The second-order valence-corrected chi connectivity index (χ2v) is 5.96. The summed E-state index contributed by atoms with van der Waals surface area (Å²) in [5.74, 6) is 0.303. The third-order valence-corrected chi connectivity index (χ3v) is 4.18. The lowest BCUT2D eigenvalue weighted by atomic mass is 9.99. The highest BCUT2D eigenvalue weighted by Crippen LogP contribution is 2.18. The molecule has 1 rings (SSSR count). The number of hydrogen-bond acceptors (Lipinski definition) is 1. The first kappa shape index (κ1) is 16.2. The molecule has 0 amide bonds. The summed E-state index contributed by atoms with van der Waals surface area (Å²) >= 11 is 0. The number of rotatable bonds is 0. The van der Waals surface area contributed by atoms with E-state index in [0.717, 1.165) is 19.3 Å². The molecular weight excluding hydrogens is 232 g/mol. The molecule has 0 aromatic carbocycles. The van der Waals surface area contributed by atoms with E-state index in [1.54, 1.807) is 6.08 Å². The van der Waals surface area contributed by atoms with Gasteiger partial charge in [0.1, 0.15) is 0 Å². The van der Waals surface area contributed by atoms with Crippen LogP contribution in [-0.4, -0.2) is 5.78 Å². The molecular formula is C18H30O. The lowest BCUT2D eigenvalue weighted by Crippen LogP contribution is -1.93. The van der Waals surface area contributed by atoms with E-state index < -0.39 is 0 Å². The molecule has 0 aromatic rings. The van der Waals surface area contributed by atoms with Crippen LogP contribution in [-0.2, 0) is 4.79 Å². The van der Waals surface area contributed by atoms with Crippen LogP contribution in [0.25, 0.3) is 0 Å². The van der Waals surface area contributed by atoms with Crippen molar-refractivity contribution < 1.29 is 4.79 Å². The van der Waals surface area contributed by atoms with Gasteiger partial charge in [0.25, 0.3) is 0 Å². The second kappa shape index (κ2) is 10.00. The van der Waals surface area contributed by atoms with Crippen molar-refractivity contribution in [2.45, 2.75) is 84.5 Å². The monoisotopic (exact) mass is 262 g/mol. The first-order chi connectivity index (χ1) is 9.20. The fraction of sp³-hybridized carbons (Fsp3) is 0.722. The van der Waals surface area contributed by atoms with Gasteiger partial charge in [0.05, 0.1) is 0 Å². The van der Waals surface area contributed by atoms with Gasteiger partial charge in [0.2, 0.25) is 0 Å². The van der Waals surface area contributed by atoms with Crippen LogP contribution in [0.2, 0.25) is 0 Å². The van der Waals surface area contributed by atoms with Crippen molar-refractivity contribution in [1.82, 2.24) is 0 Å². The van der Waals surface area contributed by atoms with Gasteiger partial charge in [-0.25, -0.2) is 0 Å². The predicted molar refractivity (Wildman–Crippen MR) is 83.3 cm³/mol. The number of hydrogen-bond donors (Lipinski definition) is 0. The van der Waals surface area contributed by atoms with E-state index in [2.05, 4.69) is 13.8 Å². The van der Waals surface area contributed by atoms with E-state index in [9.17, 15) is 4.79 Å². The third kappa shape index (κ3) is 8.02. The fourth-order valence-electron chi connectivity index (χ4n) is 2.59. The Morgan fingerprint density at radius 1 is 0.737 bits per heavy atom. The molecule has 1 aliphatic rings. The van der Waals surface area contributed by atoms with Gasteiger partial charge in [-0.2, -0.15) is 0 Å². The minimum atomic E-state index is 0.303. The van der Waals surface area contributed by atoms with Gasteiger partial charge in [-0.05, 0) is 45.6 Å². The lowest BCUT2D eigenvalue weighted by Gasteiger charge is -2.07. The molecule has 0 N–H and O–H groups in total. The molecule has 0 unspecified atom stereocenters. The Balaban J connectivity index is 2.49. The average molecular weight is 262 g/mol. The fourth-order valence-corrected chi connectivity index (χ4v) is 2.59. The minimum absolute atomic E-state index is 0.303. The summed E-state index contributed by atoms with van der Waals surface area (Å²) in [6.45, 7) is 4.45. The number of carbonyl (C=O) groups excluding carboxylic acids is 1. The summed E-state index contributed by atoms with van der Waals surface area (Å²) in [7, 11) is 0. The van der Waals surface area contributed by atoms with Crippen molar-refractivity contribution >= 4 is 5.78 Å². The van der Waals surface area contributed by atoms with E-state index in [-0.39, 0.29) is 0 Å². The van der Waals surface area contributed by atoms with Crippen LogP contribution in [0.15, 0.2) is 23.3 Å². The quantitative estimate of drug-likeness (QED) is 0.508. The Kier molecular flexibility index (Phi) is 8.53. The maximum atomic E-state index is 11.7. The van der Waals surface area contributed by atoms with E-state index in [0.29, 0.717) is 5.78 Å². The molecule has 108 valence electrons. The van der Waals surface area contributed by atoms with E-state index in [4.69, 9.17) is 0 Å². The number of carbonyl (C=O) groups is 1. The summed E-state index contributed by atoms with van der Waals surface area (Å²) < 4.78 is 0. The average Bonchev–Trinajstić information content (AvgIpc) is 2.39. The summed E-state index contributed by atoms with van der Waals surface area (Å²) in [5, 5.41) is 0. The zero-order valence-electron chi connectivity index (χ0n) is 12.8. The van der Waals surface area contributed by atoms with Gasteiger partial charge in [0.15, 0.2) is 5.78 Å². The molecule has 1 aliphatic carbocycles. The van der Waals surface area contributed by atoms with Crippen LogP contribution in [0, 0.1) is 0 Å².